The van der Waals surface area contributed by atoms with E-state index in [1.54, 1.807) is 18.0 Å². The van der Waals surface area contributed by atoms with Crippen molar-refractivity contribution < 1.29 is 14.3 Å². The quantitative estimate of drug-likeness (QED) is 0.815. The summed E-state index contributed by atoms with van der Waals surface area (Å²) >= 11 is 0. The predicted octanol–water partition coefficient (Wildman–Crippen LogP) is 3.13. The van der Waals surface area contributed by atoms with Gasteiger partial charge in [0.1, 0.15) is 13.2 Å². The Kier molecular flexibility index (Phi) is 4.62. The van der Waals surface area contributed by atoms with Crippen LogP contribution in [0.2, 0.25) is 0 Å². The fourth-order valence-corrected chi connectivity index (χ4v) is 2.40. The van der Waals surface area contributed by atoms with Crippen molar-refractivity contribution in [3.05, 3.63) is 65.7 Å². The van der Waals surface area contributed by atoms with Gasteiger partial charge in [-0.3, -0.25) is 4.79 Å². The van der Waals surface area contributed by atoms with Gasteiger partial charge in [0.15, 0.2) is 11.5 Å². The number of fused-ring (bicyclic) bond motifs is 1. The number of rotatable bonds is 4. The van der Waals surface area contributed by atoms with Crippen molar-refractivity contribution in [1.29, 1.82) is 0 Å². The highest BCUT2D eigenvalue weighted by molar-refractivity contribution is 5.91. The van der Waals surface area contributed by atoms with Gasteiger partial charge in [0.25, 0.3) is 0 Å². The van der Waals surface area contributed by atoms with E-state index in [-0.39, 0.29) is 5.91 Å². The Balaban J connectivity index is 1.63. The number of hydrogen-bond acceptors (Lipinski definition) is 3. The van der Waals surface area contributed by atoms with Crippen LogP contribution in [-0.2, 0) is 11.3 Å². The smallest absolute Gasteiger partial charge is 0.246 e. The van der Waals surface area contributed by atoms with Crippen LogP contribution < -0.4 is 9.47 Å². The summed E-state index contributed by atoms with van der Waals surface area (Å²) < 4.78 is 11.1. The van der Waals surface area contributed by atoms with Crippen LogP contribution in [0.1, 0.15) is 11.1 Å². The Bertz CT molecular complexity index is 710. The number of nitrogens with zero attached hydrogens (tertiary/aromatic N) is 1. The molecule has 1 heterocycles. The lowest BCUT2D eigenvalue weighted by atomic mass is 10.1. The molecule has 2 aromatic rings. The second-order valence-electron chi connectivity index (χ2n) is 5.42. The van der Waals surface area contributed by atoms with E-state index in [9.17, 15) is 4.79 Å². The van der Waals surface area contributed by atoms with Crippen LogP contribution in [0.25, 0.3) is 6.08 Å². The summed E-state index contributed by atoms with van der Waals surface area (Å²) in [5.41, 5.74) is 2.02. The minimum Gasteiger partial charge on any atom is -0.486 e. The molecule has 118 valence electrons. The van der Waals surface area contributed by atoms with Gasteiger partial charge in [-0.2, -0.15) is 0 Å². The number of ether oxygens (including phenoxy) is 2. The first kappa shape index (κ1) is 15.2. The van der Waals surface area contributed by atoms with Crippen LogP contribution in [0.15, 0.2) is 54.6 Å². The summed E-state index contributed by atoms with van der Waals surface area (Å²) in [7, 11) is 1.79. The Morgan fingerprint density at radius 1 is 1.09 bits per heavy atom. The zero-order valence-corrected chi connectivity index (χ0v) is 13.1. The topological polar surface area (TPSA) is 38.8 Å². The van der Waals surface area contributed by atoms with E-state index in [1.165, 1.54) is 0 Å². The van der Waals surface area contributed by atoms with Crippen LogP contribution in [0.4, 0.5) is 0 Å². The van der Waals surface area contributed by atoms with Crippen molar-refractivity contribution in [2.24, 2.45) is 0 Å². The van der Waals surface area contributed by atoms with Gasteiger partial charge in [-0.1, -0.05) is 36.4 Å². The normalized spacial score (nSPS) is 13.1. The molecule has 0 saturated carbocycles. The summed E-state index contributed by atoms with van der Waals surface area (Å²) in [6.45, 7) is 1.66. The standard InChI is InChI=1S/C19H19NO3/c1-20(19(21)10-8-15-5-3-2-4-6-15)14-16-7-9-17-18(13-16)23-12-11-22-17/h2-10,13H,11-12,14H2,1H3/b10-8+. The van der Waals surface area contributed by atoms with Crippen molar-refractivity contribution in [3.63, 3.8) is 0 Å². The van der Waals surface area contributed by atoms with Crippen LogP contribution in [0.5, 0.6) is 11.5 Å². The Labute approximate surface area is 135 Å². The minimum atomic E-state index is -0.0382. The van der Waals surface area contributed by atoms with E-state index in [0.29, 0.717) is 19.8 Å². The third-order valence-corrected chi connectivity index (χ3v) is 3.62. The van der Waals surface area contributed by atoms with Gasteiger partial charge in [-0.25, -0.2) is 0 Å². The van der Waals surface area contributed by atoms with Crippen molar-refractivity contribution >= 4 is 12.0 Å². The van der Waals surface area contributed by atoms with Gasteiger partial charge in [0.2, 0.25) is 5.91 Å². The second kappa shape index (κ2) is 7.01. The third-order valence-electron chi connectivity index (χ3n) is 3.62. The summed E-state index contributed by atoms with van der Waals surface area (Å²) in [4.78, 5) is 13.9. The molecule has 23 heavy (non-hydrogen) atoms. The monoisotopic (exact) mass is 309 g/mol. The largest absolute Gasteiger partial charge is 0.486 e. The molecule has 4 heteroatoms. The number of amides is 1. The first-order valence-electron chi connectivity index (χ1n) is 7.59. The first-order chi connectivity index (χ1) is 11.2. The molecule has 0 radical (unpaired) electrons. The Hall–Kier alpha value is -2.75. The molecule has 0 fully saturated rings. The predicted molar refractivity (Wildman–Crippen MR) is 89.4 cm³/mol. The highest BCUT2D eigenvalue weighted by Crippen LogP contribution is 2.31. The van der Waals surface area contributed by atoms with E-state index >= 15 is 0 Å². The van der Waals surface area contributed by atoms with Gasteiger partial charge in [-0.05, 0) is 29.3 Å². The van der Waals surface area contributed by atoms with Crippen LogP contribution >= 0.6 is 0 Å². The number of likely N-dealkylation sites (N-methyl/N-ethyl adjacent to an activating group) is 1. The molecule has 0 aliphatic carbocycles. The number of hydrogen-bond donors (Lipinski definition) is 0. The van der Waals surface area contributed by atoms with Gasteiger partial charge >= 0.3 is 0 Å². The summed E-state index contributed by atoms with van der Waals surface area (Å²) in [5, 5.41) is 0. The van der Waals surface area contributed by atoms with E-state index in [0.717, 1.165) is 22.6 Å². The van der Waals surface area contributed by atoms with Crippen molar-refractivity contribution in [2.45, 2.75) is 6.54 Å². The van der Waals surface area contributed by atoms with Crippen LogP contribution in [0.3, 0.4) is 0 Å². The molecule has 1 aliphatic rings. The lowest BCUT2D eigenvalue weighted by molar-refractivity contribution is -0.125. The van der Waals surface area contributed by atoms with Crippen LogP contribution in [-0.4, -0.2) is 31.1 Å². The Morgan fingerprint density at radius 3 is 2.61 bits per heavy atom. The molecular formula is C19H19NO3. The molecule has 0 unspecified atom stereocenters. The lowest BCUT2D eigenvalue weighted by Gasteiger charge is -2.20. The van der Waals surface area contributed by atoms with Gasteiger partial charge in [0.05, 0.1) is 0 Å². The molecule has 1 amide bonds. The molecule has 1 aliphatic heterocycles. The Morgan fingerprint density at radius 2 is 1.83 bits per heavy atom. The number of carbonyl (C=O) groups excluding carboxylic acids is 1. The van der Waals surface area contributed by atoms with Gasteiger partial charge in [0, 0.05) is 19.7 Å². The SMILES string of the molecule is CN(Cc1ccc2c(c1)OCCO2)C(=O)/C=C/c1ccccc1. The van der Waals surface area contributed by atoms with Gasteiger partial charge in [-0.15, -0.1) is 0 Å². The fourth-order valence-electron chi connectivity index (χ4n) is 2.40. The summed E-state index contributed by atoms with van der Waals surface area (Å²) in [6, 6.07) is 15.5. The number of benzene rings is 2. The minimum absolute atomic E-state index is 0.0382. The average Bonchev–Trinajstić information content (AvgIpc) is 2.60. The zero-order chi connectivity index (χ0) is 16.1. The molecule has 0 N–H and O–H groups in total. The van der Waals surface area contributed by atoms with Crippen molar-refractivity contribution in [2.75, 3.05) is 20.3 Å². The maximum atomic E-state index is 12.2. The highest BCUT2D eigenvalue weighted by Gasteiger charge is 2.13. The van der Waals surface area contributed by atoms with Crippen molar-refractivity contribution in [3.8, 4) is 11.5 Å². The lowest BCUT2D eigenvalue weighted by Crippen LogP contribution is -2.24. The van der Waals surface area contributed by atoms with Gasteiger partial charge < -0.3 is 14.4 Å². The maximum Gasteiger partial charge on any atom is 0.246 e. The molecule has 2 aromatic carbocycles. The molecule has 0 saturated heterocycles. The fraction of sp³-hybridized carbons (Fsp3) is 0.211. The van der Waals surface area contributed by atoms with E-state index in [2.05, 4.69) is 0 Å². The molecule has 0 bridgehead atoms. The molecule has 0 spiro atoms. The first-order valence-corrected chi connectivity index (χ1v) is 7.59. The zero-order valence-electron chi connectivity index (χ0n) is 13.1. The summed E-state index contributed by atoms with van der Waals surface area (Å²) in [5.74, 6) is 1.47. The summed E-state index contributed by atoms with van der Waals surface area (Å²) in [6.07, 6.45) is 3.41. The van der Waals surface area contributed by atoms with Crippen LogP contribution in [0, 0.1) is 0 Å². The van der Waals surface area contributed by atoms with E-state index < -0.39 is 0 Å². The molecule has 0 atom stereocenters. The molecule has 4 nitrogen and oxygen atoms in total. The molecule has 3 rings (SSSR count). The average molecular weight is 309 g/mol. The number of carbonyl (C=O) groups is 1. The van der Waals surface area contributed by atoms with E-state index in [4.69, 9.17) is 9.47 Å². The molecule has 0 aromatic heterocycles. The molecular weight excluding hydrogens is 290 g/mol. The van der Waals surface area contributed by atoms with E-state index in [1.807, 2.05) is 54.6 Å². The maximum absolute atomic E-state index is 12.2. The second-order valence-corrected chi connectivity index (χ2v) is 5.42. The highest BCUT2D eigenvalue weighted by atomic mass is 16.6. The van der Waals surface area contributed by atoms with Crippen molar-refractivity contribution in [1.82, 2.24) is 4.90 Å². The third kappa shape index (κ3) is 3.92.